The molecule has 1 aromatic rings. The number of halogens is 3. The average Bonchev–Trinajstić information content (AvgIpc) is 1.99. The van der Waals surface area contributed by atoms with Gasteiger partial charge in [-0.1, -0.05) is 17.7 Å². The highest BCUT2D eigenvalue weighted by molar-refractivity contribution is 9.13. The third kappa shape index (κ3) is 2.36. The Morgan fingerprint density at radius 2 is 2.09 bits per heavy atom. The van der Waals surface area contributed by atoms with Crippen molar-refractivity contribution in [2.24, 2.45) is 0 Å². The van der Waals surface area contributed by atoms with Crippen molar-refractivity contribution in [3.8, 4) is 5.75 Å². The smallest absolute Gasteiger partial charge is 0.162 e. The van der Waals surface area contributed by atoms with Crippen LogP contribution in [0.4, 0.5) is 0 Å². The standard InChI is InChI=1S/C7H5Br2ClO/c8-5-2-1-3-6(7(5)9)11-4-10/h1-3H,4H2. The maximum atomic E-state index is 5.40. The minimum atomic E-state index is 0.162. The minimum Gasteiger partial charge on any atom is -0.477 e. The van der Waals surface area contributed by atoms with E-state index < -0.39 is 0 Å². The first-order valence-corrected chi connectivity index (χ1v) is 5.00. The number of rotatable bonds is 2. The fourth-order valence-electron chi connectivity index (χ4n) is 0.654. The van der Waals surface area contributed by atoms with Crippen molar-refractivity contribution in [2.75, 3.05) is 6.07 Å². The minimum absolute atomic E-state index is 0.162. The van der Waals surface area contributed by atoms with E-state index in [1.165, 1.54) is 0 Å². The molecule has 0 spiro atoms. The van der Waals surface area contributed by atoms with Crippen LogP contribution in [0.2, 0.25) is 0 Å². The maximum Gasteiger partial charge on any atom is 0.162 e. The van der Waals surface area contributed by atoms with Gasteiger partial charge in [0, 0.05) is 4.47 Å². The molecule has 0 heterocycles. The second kappa shape index (κ2) is 4.33. The maximum absolute atomic E-state index is 5.40. The fourth-order valence-corrected chi connectivity index (χ4v) is 1.50. The zero-order valence-corrected chi connectivity index (χ0v) is 9.41. The lowest BCUT2D eigenvalue weighted by Crippen LogP contribution is -1.89. The number of ether oxygens (including phenoxy) is 1. The zero-order chi connectivity index (χ0) is 8.27. The molecule has 60 valence electrons. The van der Waals surface area contributed by atoms with Crippen molar-refractivity contribution < 1.29 is 4.74 Å². The van der Waals surface area contributed by atoms with Gasteiger partial charge in [-0.15, -0.1) is 0 Å². The molecule has 0 radical (unpaired) electrons. The fraction of sp³-hybridized carbons (Fsp3) is 0.143. The number of benzene rings is 1. The Morgan fingerprint density at radius 3 is 2.73 bits per heavy atom. The average molecular weight is 300 g/mol. The first-order chi connectivity index (χ1) is 5.25. The van der Waals surface area contributed by atoms with E-state index in [4.69, 9.17) is 16.3 Å². The highest BCUT2D eigenvalue weighted by atomic mass is 79.9. The lowest BCUT2D eigenvalue weighted by molar-refractivity contribution is 0.385. The van der Waals surface area contributed by atoms with Gasteiger partial charge in [0.15, 0.2) is 6.07 Å². The quantitative estimate of drug-likeness (QED) is 0.755. The van der Waals surface area contributed by atoms with E-state index in [9.17, 15) is 0 Å². The number of hydrogen-bond donors (Lipinski definition) is 0. The molecule has 0 atom stereocenters. The molecule has 0 unspecified atom stereocenters. The number of alkyl halides is 1. The van der Waals surface area contributed by atoms with Gasteiger partial charge < -0.3 is 4.74 Å². The first kappa shape index (κ1) is 9.36. The number of hydrogen-bond acceptors (Lipinski definition) is 1. The van der Waals surface area contributed by atoms with Crippen LogP contribution in [0.25, 0.3) is 0 Å². The Balaban J connectivity index is 2.96. The second-order valence-electron chi connectivity index (χ2n) is 1.81. The van der Waals surface area contributed by atoms with E-state index in [0.717, 1.165) is 14.7 Å². The Morgan fingerprint density at radius 1 is 1.36 bits per heavy atom. The van der Waals surface area contributed by atoms with Crippen LogP contribution in [0.5, 0.6) is 5.75 Å². The summed E-state index contributed by atoms with van der Waals surface area (Å²) in [6, 6.07) is 5.81. The molecule has 1 aromatic carbocycles. The summed E-state index contributed by atoms with van der Waals surface area (Å²) < 4.78 is 6.95. The Labute approximate surface area is 86.9 Å². The molecule has 0 aromatic heterocycles. The molecule has 0 aliphatic carbocycles. The molecule has 4 heteroatoms. The van der Waals surface area contributed by atoms with E-state index in [2.05, 4.69) is 31.9 Å². The molecule has 0 bridgehead atoms. The van der Waals surface area contributed by atoms with Gasteiger partial charge in [0.1, 0.15) is 5.75 Å². The predicted molar refractivity (Wildman–Crippen MR) is 53.2 cm³/mol. The van der Waals surface area contributed by atoms with Gasteiger partial charge in [-0.2, -0.15) is 0 Å². The van der Waals surface area contributed by atoms with Crippen LogP contribution in [0.1, 0.15) is 0 Å². The summed E-state index contributed by atoms with van der Waals surface area (Å²) in [6.45, 7) is 0. The van der Waals surface area contributed by atoms with Crippen molar-refractivity contribution in [1.29, 1.82) is 0 Å². The highest BCUT2D eigenvalue weighted by Gasteiger charge is 2.02. The third-order valence-electron chi connectivity index (χ3n) is 1.13. The molecule has 0 saturated heterocycles. The molecule has 0 aliphatic heterocycles. The molecule has 11 heavy (non-hydrogen) atoms. The first-order valence-electron chi connectivity index (χ1n) is 2.88. The van der Waals surface area contributed by atoms with Crippen LogP contribution in [0, 0.1) is 0 Å². The molecular formula is C7H5Br2ClO. The van der Waals surface area contributed by atoms with E-state index in [1.807, 2.05) is 18.2 Å². The van der Waals surface area contributed by atoms with E-state index >= 15 is 0 Å². The van der Waals surface area contributed by atoms with Crippen LogP contribution in [0.3, 0.4) is 0 Å². The monoisotopic (exact) mass is 298 g/mol. The molecule has 0 aliphatic rings. The van der Waals surface area contributed by atoms with Crippen molar-refractivity contribution in [1.82, 2.24) is 0 Å². The van der Waals surface area contributed by atoms with E-state index in [0.29, 0.717) is 0 Å². The van der Waals surface area contributed by atoms with Crippen LogP contribution in [-0.4, -0.2) is 6.07 Å². The summed E-state index contributed by atoms with van der Waals surface area (Å²) in [6.07, 6.45) is 0. The van der Waals surface area contributed by atoms with Gasteiger partial charge in [0.25, 0.3) is 0 Å². The molecule has 0 amide bonds. The van der Waals surface area contributed by atoms with Gasteiger partial charge in [-0.25, -0.2) is 0 Å². The van der Waals surface area contributed by atoms with Gasteiger partial charge in [-0.05, 0) is 44.0 Å². The van der Waals surface area contributed by atoms with Crippen LogP contribution < -0.4 is 4.74 Å². The molecule has 1 nitrogen and oxygen atoms in total. The summed E-state index contributed by atoms with van der Waals surface area (Å²) >= 11 is 12.1. The lowest BCUT2D eigenvalue weighted by Gasteiger charge is -2.04. The SMILES string of the molecule is ClCOc1cccc(Br)c1Br. The Kier molecular flexibility index (Phi) is 3.69. The normalized spacial score (nSPS) is 9.73. The largest absolute Gasteiger partial charge is 0.477 e. The van der Waals surface area contributed by atoms with Crippen LogP contribution in [0.15, 0.2) is 27.1 Å². The molecule has 0 N–H and O–H groups in total. The summed E-state index contributed by atoms with van der Waals surface area (Å²) in [5, 5.41) is 0. The molecular weight excluding hydrogens is 295 g/mol. The van der Waals surface area contributed by atoms with Crippen molar-refractivity contribution in [3.63, 3.8) is 0 Å². The predicted octanol–water partition coefficient (Wildman–Crippen LogP) is 3.79. The zero-order valence-electron chi connectivity index (χ0n) is 5.48. The molecule has 1 rings (SSSR count). The molecule has 0 fully saturated rings. The van der Waals surface area contributed by atoms with Crippen molar-refractivity contribution >= 4 is 43.5 Å². The van der Waals surface area contributed by atoms with Gasteiger partial charge in [0.2, 0.25) is 0 Å². The van der Waals surface area contributed by atoms with Crippen LogP contribution >= 0.6 is 43.5 Å². The lowest BCUT2D eigenvalue weighted by atomic mass is 10.3. The van der Waals surface area contributed by atoms with E-state index in [1.54, 1.807) is 0 Å². The Hall–Kier alpha value is 0.270. The topological polar surface area (TPSA) is 9.23 Å². The van der Waals surface area contributed by atoms with Crippen LogP contribution in [-0.2, 0) is 0 Å². The summed E-state index contributed by atoms with van der Waals surface area (Å²) in [7, 11) is 0. The highest BCUT2D eigenvalue weighted by Crippen LogP contribution is 2.32. The van der Waals surface area contributed by atoms with Gasteiger partial charge in [-0.3, -0.25) is 0 Å². The Bertz CT molecular complexity index is 252. The summed E-state index contributed by atoms with van der Waals surface area (Å²) in [4.78, 5) is 0. The van der Waals surface area contributed by atoms with Crippen molar-refractivity contribution in [2.45, 2.75) is 0 Å². The van der Waals surface area contributed by atoms with Gasteiger partial charge in [0.05, 0.1) is 4.47 Å². The van der Waals surface area contributed by atoms with E-state index in [-0.39, 0.29) is 6.07 Å². The second-order valence-corrected chi connectivity index (χ2v) is 3.67. The summed E-state index contributed by atoms with van der Waals surface area (Å²) in [5.41, 5.74) is 0. The molecule has 0 saturated carbocycles. The summed E-state index contributed by atoms with van der Waals surface area (Å²) in [5.74, 6) is 0.745. The van der Waals surface area contributed by atoms with Crippen molar-refractivity contribution in [3.05, 3.63) is 27.1 Å². The van der Waals surface area contributed by atoms with Gasteiger partial charge >= 0.3 is 0 Å². The third-order valence-corrected chi connectivity index (χ3v) is 3.25.